The van der Waals surface area contributed by atoms with Gasteiger partial charge >= 0.3 is 0 Å². The number of fused-ring (bicyclic) bond motifs is 1. The van der Waals surface area contributed by atoms with Gasteiger partial charge in [0.05, 0.1) is 5.39 Å². The van der Waals surface area contributed by atoms with Crippen LogP contribution in [0.1, 0.15) is 5.56 Å². The second-order valence-corrected chi connectivity index (χ2v) is 5.46. The quantitative estimate of drug-likeness (QED) is 0.741. The van der Waals surface area contributed by atoms with Gasteiger partial charge in [-0.1, -0.05) is 41.7 Å². The Morgan fingerprint density at radius 3 is 2.75 bits per heavy atom. The molecule has 0 spiro atoms. The molecule has 20 heavy (non-hydrogen) atoms. The molecule has 0 atom stereocenters. The molecule has 0 bridgehead atoms. The molecule has 0 aliphatic carbocycles. The zero-order chi connectivity index (χ0) is 13.9. The molecule has 0 amide bonds. The van der Waals surface area contributed by atoms with E-state index in [2.05, 4.69) is 22.1 Å². The minimum atomic E-state index is -0.221. The Labute approximate surface area is 120 Å². The van der Waals surface area contributed by atoms with E-state index in [1.165, 1.54) is 16.9 Å². The maximum absolute atomic E-state index is 12.0. The Kier molecular flexibility index (Phi) is 3.43. The van der Waals surface area contributed by atoms with Crippen molar-refractivity contribution < 1.29 is 0 Å². The summed E-state index contributed by atoms with van der Waals surface area (Å²) in [5, 5.41) is 1.26. The molecule has 0 unspecified atom stereocenters. The summed E-state index contributed by atoms with van der Waals surface area (Å²) in [5.74, 6) is 0. The van der Waals surface area contributed by atoms with E-state index in [0.717, 1.165) is 4.83 Å². The van der Waals surface area contributed by atoms with Crippen molar-refractivity contribution >= 4 is 26.7 Å². The number of anilines is 1. The first-order chi connectivity index (χ1) is 9.74. The zero-order valence-electron chi connectivity index (χ0n) is 11.0. The monoisotopic (exact) mass is 283 g/mol. The van der Waals surface area contributed by atoms with Crippen molar-refractivity contribution in [1.29, 1.82) is 0 Å². The summed E-state index contributed by atoms with van der Waals surface area (Å²) < 4.78 is 0. The van der Waals surface area contributed by atoms with E-state index in [1.54, 1.807) is 18.3 Å². The van der Waals surface area contributed by atoms with Gasteiger partial charge < -0.3 is 4.90 Å². The highest BCUT2D eigenvalue weighted by Crippen LogP contribution is 2.22. The predicted octanol–water partition coefficient (Wildman–Crippen LogP) is 2.69. The Bertz CT molecular complexity index is 786. The molecule has 3 rings (SSSR count). The van der Waals surface area contributed by atoms with Gasteiger partial charge in [-0.05, 0) is 17.7 Å². The lowest BCUT2D eigenvalue weighted by molar-refractivity contribution is 0.909. The van der Waals surface area contributed by atoms with Crippen LogP contribution in [0.4, 0.5) is 5.13 Å². The second kappa shape index (κ2) is 5.38. The summed E-state index contributed by atoms with van der Waals surface area (Å²) in [6.45, 7) is 0.710. The SMILES string of the molecule is CN(Cc1ccccc1)c1nc(=O)c2cccnc2s1. The highest BCUT2D eigenvalue weighted by molar-refractivity contribution is 7.21. The number of pyridine rings is 1. The molecule has 0 N–H and O–H groups in total. The van der Waals surface area contributed by atoms with E-state index >= 15 is 0 Å². The minimum absolute atomic E-state index is 0.221. The molecule has 1 aromatic carbocycles. The largest absolute Gasteiger partial charge is 0.347 e. The molecular formula is C15H13N3OS. The molecule has 4 nitrogen and oxygen atoms in total. The van der Waals surface area contributed by atoms with Gasteiger partial charge in [-0.25, -0.2) is 4.98 Å². The van der Waals surface area contributed by atoms with Crippen molar-refractivity contribution in [1.82, 2.24) is 9.97 Å². The lowest BCUT2D eigenvalue weighted by Gasteiger charge is -2.17. The normalized spacial score (nSPS) is 10.7. The van der Waals surface area contributed by atoms with Gasteiger partial charge in [-0.3, -0.25) is 4.79 Å². The number of benzene rings is 1. The Hall–Kier alpha value is -2.27. The van der Waals surface area contributed by atoms with Crippen LogP contribution in [0.15, 0.2) is 53.5 Å². The van der Waals surface area contributed by atoms with Crippen LogP contribution in [0.5, 0.6) is 0 Å². The van der Waals surface area contributed by atoms with Crippen molar-refractivity contribution in [2.45, 2.75) is 6.54 Å². The van der Waals surface area contributed by atoms with E-state index in [1.807, 2.05) is 30.1 Å². The molecule has 2 heterocycles. The fourth-order valence-electron chi connectivity index (χ4n) is 1.98. The van der Waals surface area contributed by atoms with Crippen LogP contribution >= 0.6 is 11.3 Å². The number of aromatic nitrogens is 2. The molecular weight excluding hydrogens is 270 g/mol. The summed E-state index contributed by atoms with van der Waals surface area (Å²) in [5.41, 5.74) is 0.958. The summed E-state index contributed by atoms with van der Waals surface area (Å²) in [6.07, 6.45) is 1.69. The lowest BCUT2D eigenvalue weighted by atomic mass is 10.2. The fraction of sp³-hybridized carbons (Fsp3) is 0.133. The van der Waals surface area contributed by atoms with E-state index in [9.17, 15) is 4.79 Å². The highest BCUT2D eigenvalue weighted by Gasteiger charge is 2.09. The van der Waals surface area contributed by atoms with Crippen LogP contribution < -0.4 is 10.5 Å². The molecule has 0 saturated carbocycles. The third-order valence-electron chi connectivity index (χ3n) is 2.98. The zero-order valence-corrected chi connectivity index (χ0v) is 11.8. The van der Waals surface area contributed by atoms with Crippen molar-refractivity contribution in [3.63, 3.8) is 0 Å². The van der Waals surface area contributed by atoms with E-state index in [4.69, 9.17) is 0 Å². The first-order valence-corrected chi connectivity index (χ1v) is 7.06. The van der Waals surface area contributed by atoms with E-state index in [0.29, 0.717) is 17.1 Å². The van der Waals surface area contributed by atoms with Crippen molar-refractivity contribution in [2.75, 3.05) is 11.9 Å². The van der Waals surface area contributed by atoms with Gasteiger partial charge in [0.1, 0.15) is 4.83 Å². The van der Waals surface area contributed by atoms with Crippen LogP contribution in [0.2, 0.25) is 0 Å². The second-order valence-electron chi connectivity index (χ2n) is 4.50. The van der Waals surface area contributed by atoms with Gasteiger partial charge in [0.15, 0.2) is 5.13 Å². The number of nitrogens with zero attached hydrogens (tertiary/aromatic N) is 3. The molecule has 5 heteroatoms. The number of hydrogen-bond acceptors (Lipinski definition) is 5. The van der Waals surface area contributed by atoms with Crippen molar-refractivity contribution in [3.8, 4) is 0 Å². The van der Waals surface area contributed by atoms with Crippen molar-refractivity contribution in [2.24, 2.45) is 0 Å². The van der Waals surface area contributed by atoms with Gasteiger partial charge in [-0.2, -0.15) is 4.98 Å². The molecule has 0 radical (unpaired) electrons. The molecule has 100 valence electrons. The minimum Gasteiger partial charge on any atom is -0.347 e. The van der Waals surface area contributed by atoms with Gasteiger partial charge in [-0.15, -0.1) is 0 Å². The fourth-order valence-corrected chi connectivity index (χ4v) is 2.88. The first-order valence-electron chi connectivity index (χ1n) is 6.25. The Morgan fingerprint density at radius 2 is 1.95 bits per heavy atom. The van der Waals surface area contributed by atoms with Crippen molar-refractivity contribution in [3.05, 3.63) is 64.6 Å². The highest BCUT2D eigenvalue weighted by atomic mass is 32.1. The molecule has 0 aliphatic rings. The smallest absolute Gasteiger partial charge is 0.282 e. The molecule has 0 fully saturated rings. The molecule has 3 aromatic rings. The van der Waals surface area contributed by atoms with Crippen LogP contribution in [-0.4, -0.2) is 17.0 Å². The molecule has 2 aromatic heterocycles. The predicted molar refractivity (Wildman–Crippen MR) is 82.2 cm³/mol. The van der Waals surface area contributed by atoms with Crippen LogP contribution in [0, 0.1) is 0 Å². The summed E-state index contributed by atoms with van der Waals surface area (Å²) in [4.78, 5) is 23.1. The molecule has 0 saturated heterocycles. The standard InChI is InChI=1S/C15H13N3OS/c1-18(10-11-6-3-2-4-7-11)15-17-13(19)12-8-5-9-16-14(12)20-15/h2-9H,10H2,1H3. The maximum Gasteiger partial charge on any atom is 0.282 e. The first kappa shape index (κ1) is 12.7. The molecule has 0 aliphatic heterocycles. The van der Waals surface area contributed by atoms with Gasteiger partial charge in [0.2, 0.25) is 0 Å². The summed E-state index contributed by atoms with van der Waals surface area (Å²) in [7, 11) is 1.93. The Balaban J connectivity index is 1.96. The number of hydrogen-bond donors (Lipinski definition) is 0. The third-order valence-corrected chi connectivity index (χ3v) is 4.08. The lowest BCUT2D eigenvalue weighted by Crippen LogP contribution is -2.20. The van der Waals surface area contributed by atoms with Crippen LogP contribution in [0.3, 0.4) is 0 Å². The number of rotatable bonds is 3. The summed E-state index contributed by atoms with van der Waals surface area (Å²) in [6, 6.07) is 13.6. The average molecular weight is 283 g/mol. The maximum atomic E-state index is 12.0. The average Bonchev–Trinajstić information content (AvgIpc) is 2.48. The van der Waals surface area contributed by atoms with Gasteiger partial charge in [0, 0.05) is 19.8 Å². The van der Waals surface area contributed by atoms with Crippen LogP contribution in [0.25, 0.3) is 10.2 Å². The Morgan fingerprint density at radius 1 is 1.15 bits per heavy atom. The summed E-state index contributed by atoms with van der Waals surface area (Å²) >= 11 is 1.43. The van der Waals surface area contributed by atoms with Gasteiger partial charge in [0.25, 0.3) is 5.56 Å². The third kappa shape index (κ3) is 2.53. The van der Waals surface area contributed by atoms with E-state index in [-0.39, 0.29) is 5.56 Å². The van der Waals surface area contributed by atoms with Crippen LogP contribution in [-0.2, 0) is 6.54 Å². The van der Waals surface area contributed by atoms with E-state index < -0.39 is 0 Å². The topological polar surface area (TPSA) is 46.1 Å².